The van der Waals surface area contributed by atoms with Crippen molar-refractivity contribution in [2.45, 2.75) is 121 Å². The van der Waals surface area contributed by atoms with Gasteiger partial charge in [0, 0.05) is 6.42 Å². The molecule has 10 aliphatic carbocycles. The summed E-state index contributed by atoms with van der Waals surface area (Å²) in [4.78, 5) is 27.7. The molecule has 0 spiro atoms. The summed E-state index contributed by atoms with van der Waals surface area (Å²) in [5, 5.41) is 2.23. The van der Waals surface area contributed by atoms with Gasteiger partial charge in [0.1, 0.15) is 16.9 Å². The smallest absolute Gasteiger partial charge is 0.325 e. The molecule has 4 heteroatoms. The van der Waals surface area contributed by atoms with Crippen molar-refractivity contribution in [3.8, 4) is 11.5 Å². The molecule has 10 aliphatic rings. The Hall–Kier alpha value is -2.36. The van der Waals surface area contributed by atoms with Crippen molar-refractivity contribution in [2.75, 3.05) is 7.11 Å². The van der Waals surface area contributed by atoms with Crippen LogP contribution in [-0.2, 0) is 20.4 Å². The largest absolute Gasteiger partial charge is 0.496 e. The number of carbonyl (C=O) groups excluding carboxylic acids is 2. The number of fused-ring (bicyclic) bond motifs is 3. The maximum atomic E-state index is 14.3. The van der Waals surface area contributed by atoms with E-state index in [0.717, 1.165) is 53.1 Å². The third kappa shape index (κ3) is 3.50. The van der Waals surface area contributed by atoms with Crippen LogP contribution in [0, 0.1) is 52.3 Å². The van der Waals surface area contributed by atoms with Gasteiger partial charge in [-0.15, -0.1) is 0 Å². The maximum Gasteiger partial charge on any atom is 0.325 e. The van der Waals surface area contributed by atoms with Crippen molar-refractivity contribution in [3.05, 3.63) is 35.4 Å². The Kier molecular flexibility index (Phi) is 5.52. The van der Waals surface area contributed by atoms with Crippen LogP contribution < -0.4 is 9.47 Å². The van der Waals surface area contributed by atoms with Crippen molar-refractivity contribution in [1.82, 2.24) is 0 Å². The number of hydrogen-bond donors (Lipinski definition) is 0. The van der Waals surface area contributed by atoms with Gasteiger partial charge in [0.15, 0.2) is 5.78 Å². The number of rotatable bonds is 5. The molecule has 10 fully saturated rings. The van der Waals surface area contributed by atoms with Gasteiger partial charge in [-0.3, -0.25) is 9.59 Å². The van der Waals surface area contributed by atoms with E-state index in [-0.39, 0.29) is 33.9 Å². The maximum absolute atomic E-state index is 14.3. The van der Waals surface area contributed by atoms with Gasteiger partial charge in [0.05, 0.1) is 12.5 Å². The second-order valence-electron chi connectivity index (χ2n) is 18.5. The van der Waals surface area contributed by atoms with Gasteiger partial charge in [-0.25, -0.2) is 0 Å². The second-order valence-corrected chi connectivity index (χ2v) is 18.5. The van der Waals surface area contributed by atoms with Crippen molar-refractivity contribution in [3.63, 3.8) is 0 Å². The molecule has 238 valence electrons. The zero-order valence-electron chi connectivity index (χ0n) is 27.6. The fourth-order valence-corrected chi connectivity index (χ4v) is 14.8. The van der Waals surface area contributed by atoms with Crippen molar-refractivity contribution >= 4 is 22.5 Å². The standard InChI is InChI=1S/C41H50O4/c1-38(2)29-7-8-41(38,34(42)15-29)37(43)45-32-6-4-5-30-35(32)33(44-3)16-31(39-17-23-9-24(18-39)11-25(10-23)19-39)36(30)40-20-26-12-27(21-40)14-28(13-26)22-40/h4-6,16,23-29H,7-15,17-22H2,1-3H3/t23?,24?,25?,26?,27?,28?,29-,39?,40?,41+/m1/s1. The van der Waals surface area contributed by atoms with Crippen LogP contribution in [0.4, 0.5) is 0 Å². The minimum atomic E-state index is -1.03. The lowest BCUT2D eigenvalue weighted by atomic mass is 9.44. The van der Waals surface area contributed by atoms with Crippen molar-refractivity contribution in [1.29, 1.82) is 0 Å². The van der Waals surface area contributed by atoms with E-state index in [0.29, 0.717) is 18.6 Å². The average molecular weight is 607 g/mol. The number of hydrogen-bond acceptors (Lipinski definition) is 4. The number of esters is 1. The number of benzene rings is 2. The number of Topliss-reactive ketones (excluding diaryl/α,β-unsaturated/α-hetero) is 1. The first-order valence-corrected chi connectivity index (χ1v) is 18.5. The van der Waals surface area contributed by atoms with Crippen LogP contribution in [0.5, 0.6) is 11.5 Å². The van der Waals surface area contributed by atoms with Gasteiger partial charge in [0.25, 0.3) is 0 Å². The molecule has 10 bridgehead atoms. The van der Waals surface area contributed by atoms with E-state index in [1.807, 2.05) is 6.07 Å². The molecule has 0 saturated heterocycles. The predicted octanol–water partition coefficient (Wildman–Crippen LogP) is 9.08. The van der Waals surface area contributed by atoms with Crippen LogP contribution in [0.1, 0.15) is 121 Å². The Morgan fingerprint density at radius 2 is 1.33 bits per heavy atom. The molecule has 4 nitrogen and oxygen atoms in total. The highest BCUT2D eigenvalue weighted by Crippen LogP contribution is 2.68. The highest BCUT2D eigenvalue weighted by Gasteiger charge is 2.69. The van der Waals surface area contributed by atoms with Crippen LogP contribution in [0.3, 0.4) is 0 Å². The Morgan fingerprint density at radius 1 is 0.778 bits per heavy atom. The fourth-order valence-electron chi connectivity index (χ4n) is 14.8. The summed E-state index contributed by atoms with van der Waals surface area (Å²) in [5.74, 6) is 6.62. The first kappa shape index (κ1) is 27.7. The molecule has 2 aromatic carbocycles. The highest BCUT2D eigenvalue weighted by molar-refractivity contribution is 6.09. The highest BCUT2D eigenvalue weighted by atomic mass is 16.5. The zero-order chi connectivity index (χ0) is 30.5. The molecule has 2 atom stereocenters. The SMILES string of the molecule is COc1cc(C23CC4CC(CC(C4)C2)C3)c(C23CC4CC(CC(C4)C2)C3)c2cccc(OC(=O)[C@]34CC[C@H](CC3=O)C4(C)C)c12. The molecule has 0 aromatic heterocycles. The monoisotopic (exact) mass is 606 g/mol. The number of methoxy groups -OCH3 is 1. The van der Waals surface area contributed by atoms with Gasteiger partial charge in [-0.2, -0.15) is 0 Å². The molecule has 0 radical (unpaired) electrons. The summed E-state index contributed by atoms with van der Waals surface area (Å²) < 4.78 is 12.8. The minimum Gasteiger partial charge on any atom is -0.496 e. The van der Waals surface area contributed by atoms with Crippen molar-refractivity contribution < 1.29 is 19.1 Å². The summed E-state index contributed by atoms with van der Waals surface area (Å²) in [7, 11) is 1.80. The first-order chi connectivity index (χ1) is 21.6. The van der Waals surface area contributed by atoms with Crippen LogP contribution in [0.2, 0.25) is 0 Å². The Bertz CT molecular complexity index is 1580. The second kappa shape index (κ2) is 8.95. The molecule has 0 unspecified atom stereocenters. The van der Waals surface area contributed by atoms with Crippen molar-refractivity contribution in [2.24, 2.45) is 52.3 Å². The van der Waals surface area contributed by atoms with E-state index in [9.17, 15) is 9.59 Å². The molecule has 0 heterocycles. The van der Waals surface area contributed by atoms with E-state index in [1.54, 1.807) is 18.2 Å². The van der Waals surface area contributed by atoms with Gasteiger partial charge >= 0.3 is 5.97 Å². The van der Waals surface area contributed by atoms with Crippen LogP contribution in [0.15, 0.2) is 24.3 Å². The summed E-state index contributed by atoms with van der Waals surface area (Å²) in [6.07, 6.45) is 18.6. The Morgan fingerprint density at radius 3 is 1.82 bits per heavy atom. The molecule has 0 N–H and O–H groups in total. The topological polar surface area (TPSA) is 52.6 Å². The van der Waals surface area contributed by atoms with Crippen LogP contribution in [-0.4, -0.2) is 18.9 Å². The fraction of sp³-hybridized carbons (Fsp3) is 0.707. The molecular weight excluding hydrogens is 556 g/mol. The molecule has 0 aliphatic heterocycles. The van der Waals surface area contributed by atoms with Gasteiger partial charge in [-0.05, 0) is 176 Å². The molecule has 10 saturated carbocycles. The molecule has 12 rings (SSSR count). The first-order valence-electron chi connectivity index (χ1n) is 18.5. The Balaban J connectivity index is 1.18. The Labute approximate surface area is 268 Å². The van der Waals surface area contributed by atoms with E-state index in [4.69, 9.17) is 9.47 Å². The van der Waals surface area contributed by atoms with E-state index in [2.05, 4.69) is 32.0 Å². The molecular formula is C41H50O4. The quantitative estimate of drug-likeness (QED) is 0.194. The van der Waals surface area contributed by atoms with E-state index >= 15 is 0 Å². The minimum absolute atomic E-state index is 0.0827. The predicted molar refractivity (Wildman–Crippen MR) is 174 cm³/mol. The van der Waals surface area contributed by atoms with Gasteiger partial charge in [0.2, 0.25) is 0 Å². The molecule has 45 heavy (non-hydrogen) atoms. The number of ketones is 1. The van der Waals surface area contributed by atoms with Crippen LogP contribution in [0.25, 0.3) is 10.8 Å². The lowest BCUT2D eigenvalue weighted by molar-refractivity contribution is -0.156. The van der Waals surface area contributed by atoms with Gasteiger partial charge in [-0.1, -0.05) is 26.0 Å². The average Bonchev–Trinajstić information content (AvgIpc) is 3.35. The van der Waals surface area contributed by atoms with Crippen LogP contribution >= 0.6 is 0 Å². The molecule has 0 amide bonds. The number of ether oxygens (including phenoxy) is 2. The summed E-state index contributed by atoms with van der Waals surface area (Å²) in [6, 6.07) is 8.87. The zero-order valence-corrected chi connectivity index (χ0v) is 27.6. The van der Waals surface area contributed by atoms with E-state index in [1.165, 1.54) is 82.4 Å². The summed E-state index contributed by atoms with van der Waals surface area (Å²) in [6.45, 7) is 4.23. The van der Waals surface area contributed by atoms with Gasteiger partial charge < -0.3 is 9.47 Å². The number of carbonyl (C=O) groups is 2. The summed E-state index contributed by atoms with van der Waals surface area (Å²) >= 11 is 0. The lowest BCUT2D eigenvalue weighted by Gasteiger charge is -2.61. The third-order valence-electron chi connectivity index (χ3n) is 15.9. The normalized spacial score (nSPS) is 44.7. The van der Waals surface area contributed by atoms with E-state index < -0.39 is 5.41 Å². The summed E-state index contributed by atoms with van der Waals surface area (Å²) in [5.41, 5.74) is 2.29. The molecule has 2 aromatic rings. The lowest BCUT2D eigenvalue weighted by Crippen LogP contribution is -2.52. The third-order valence-corrected chi connectivity index (χ3v) is 15.9.